The molecule has 0 aromatic carbocycles. The fraction of sp³-hybridized carbons (Fsp3) is 1.00. The summed E-state index contributed by atoms with van der Waals surface area (Å²) in [6, 6.07) is 1.13. The monoisotopic (exact) mass is 288 g/mol. The first kappa shape index (κ1) is 17.1. The maximum Gasteiger partial charge on any atom is 0.334 e. The number of ether oxygens (including phenoxy) is 1. The predicted molar refractivity (Wildman–Crippen MR) is 81.7 cm³/mol. The van der Waals surface area contributed by atoms with Gasteiger partial charge in [0.2, 0.25) is 0 Å². The maximum absolute atomic E-state index is 6.12. The maximum atomic E-state index is 6.12. The molecule has 0 bridgehead atoms. The molecule has 4 heteroatoms. The Hall–Kier alpha value is 0.0969. The van der Waals surface area contributed by atoms with Gasteiger partial charge in [-0.1, -0.05) is 39.5 Å². The van der Waals surface area contributed by atoms with Crippen molar-refractivity contribution in [2.75, 3.05) is 19.8 Å². The molecular formula is C15H32O3Si. The van der Waals surface area contributed by atoms with Gasteiger partial charge in [-0.25, -0.2) is 0 Å². The molecule has 1 atom stereocenters. The van der Waals surface area contributed by atoms with E-state index in [1.54, 1.807) is 0 Å². The van der Waals surface area contributed by atoms with Crippen LogP contribution in [0.1, 0.15) is 58.8 Å². The molecule has 0 spiro atoms. The fourth-order valence-corrected chi connectivity index (χ4v) is 4.52. The van der Waals surface area contributed by atoms with E-state index in [9.17, 15) is 0 Å². The van der Waals surface area contributed by atoms with Gasteiger partial charge >= 0.3 is 8.56 Å². The Balaban J connectivity index is 2.19. The summed E-state index contributed by atoms with van der Waals surface area (Å²) in [7, 11) is -1.92. The molecule has 0 amide bonds. The third-order valence-electron chi connectivity index (χ3n) is 3.62. The highest BCUT2D eigenvalue weighted by Crippen LogP contribution is 2.22. The molecule has 1 unspecified atom stereocenters. The van der Waals surface area contributed by atoms with Crippen LogP contribution < -0.4 is 0 Å². The van der Waals surface area contributed by atoms with Crippen LogP contribution in [-0.4, -0.2) is 34.5 Å². The highest BCUT2D eigenvalue weighted by Gasteiger charge is 2.31. The lowest BCUT2D eigenvalue weighted by Crippen LogP contribution is -2.39. The molecule has 0 radical (unpaired) electrons. The number of epoxide rings is 1. The Kier molecular flexibility index (Phi) is 8.95. The van der Waals surface area contributed by atoms with Crippen molar-refractivity contribution in [1.29, 1.82) is 0 Å². The first-order chi connectivity index (χ1) is 9.20. The van der Waals surface area contributed by atoms with Crippen molar-refractivity contribution in [3.63, 3.8) is 0 Å². The minimum absolute atomic E-state index is 0.565. The van der Waals surface area contributed by atoms with Crippen LogP contribution in [0.2, 0.25) is 12.6 Å². The van der Waals surface area contributed by atoms with Crippen molar-refractivity contribution in [1.82, 2.24) is 0 Å². The zero-order valence-corrected chi connectivity index (χ0v) is 14.1. The lowest BCUT2D eigenvalue weighted by molar-refractivity contribution is 0.168. The normalized spacial score (nSPS) is 18.8. The zero-order valence-electron chi connectivity index (χ0n) is 13.1. The first-order valence-corrected chi connectivity index (χ1v) is 10.6. The average Bonchev–Trinajstić information content (AvgIpc) is 3.20. The van der Waals surface area contributed by atoms with E-state index in [0.29, 0.717) is 6.10 Å². The van der Waals surface area contributed by atoms with Gasteiger partial charge < -0.3 is 13.6 Å². The largest absolute Gasteiger partial charge is 0.394 e. The number of unbranched alkanes of at least 4 members (excludes halogenated alkanes) is 3. The molecule has 1 aliphatic heterocycles. The molecule has 0 aromatic rings. The van der Waals surface area contributed by atoms with Crippen molar-refractivity contribution >= 4 is 8.56 Å². The van der Waals surface area contributed by atoms with Crippen LogP contribution >= 0.6 is 0 Å². The summed E-state index contributed by atoms with van der Waals surface area (Å²) in [5.74, 6) is 0. The summed E-state index contributed by atoms with van der Waals surface area (Å²) in [6.45, 7) is 9.38. The van der Waals surface area contributed by atoms with Gasteiger partial charge in [0.05, 0.1) is 12.7 Å². The molecule has 1 rings (SSSR count). The molecule has 0 aliphatic carbocycles. The van der Waals surface area contributed by atoms with Crippen LogP contribution in [0.3, 0.4) is 0 Å². The van der Waals surface area contributed by atoms with Crippen molar-refractivity contribution in [3.05, 3.63) is 0 Å². The molecule has 1 heterocycles. The van der Waals surface area contributed by atoms with E-state index >= 15 is 0 Å². The smallest absolute Gasteiger partial charge is 0.334 e. The van der Waals surface area contributed by atoms with Crippen LogP contribution in [0.15, 0.2) is 0 Å². The Morgan fingerprint density at radius 1 is 1.00 bits per heavy atom. The fourth-order valence-electron chi connectivity index (χ4n) is 2.10. The second kappa shape index (κ2) is 9.92. The third kappa shape index (κ3) is 8.79. The molecule has 114 valence electrons. The van der Waals surface area contributed by atoms with E-state index < -0.39 is 8.56 Å². The van der Waals surface area contributed by atoms with Gasteiger partial charge in [-0.3, -0.25) is 0 Å². The molecule has 3 nitrogen and oxygen atoms in total. The molecular weight excluding hydrogens is 256 g/mol. The topological polar surface area (TPSA) is 31.0 Å². The van der Waals surface area contributed by atoms with Crippen LogP contribution in [0.4, 0.5) is 0 Å². The quantitative estimate of drug-likeness (QED) is 0.288. The molecule has 1 aliphatic rings. The Bertz CT molecular complexity index is 209. The van der Waals surface area contributed by atoms with Crippen LogP contribution in [0.5, 0.6) is 0 Å². The summed E-state index contributed by atoms with van der Waals surface area (Å²) >= 11 is 0. The van der Waals surface area contributed by atoms with Crippen LogP contribution in [-0.2, 0) is 13.6 Å². The van der Waals surface area contributed by atoms with Gasteiger partial charge in [0.15, 0.2) is 0 Å². The van der Waals surface area contributed by atoms with Crippen LogP contribution in [0, 0.1) is 0 Å². The number of hydrogen-bond acceptors (Lipinski definition) is 3. The van der Waals surface area contributed by atoms with E-state index in [2.05, 4.69) is 20.4 Å². The highest BCUT2D eigenvalue weighted by molar-refractivity contribution is 6.66. The summed E-state index contributed by atoms with van der Waals surface area (Å²) in [4.78, 5) is 0. The van der Waals surface area contributed by atoms with Crippen molar-refractivity contribution in [2.24, 2.45) is 0 Å². The van der Waals surface area contributed by atoms with E-state index in [0.717, 1.165) is 38.7 Å². The van der Waals surface area contributed by atoms with E-state index in [1.807, 2.05) is 0 Å². The summed E-state index contributed by atoms with van der Waals surface area (Å²) < 4.78 is 17.5. The second-order valence-corrected chi connectivity index (χ2v) is 9.08. The SMILES string of the molecule is CCCCO[Si](C)(CCCCC1CO1)OCCCC. The zero-order chi connectivity index (χ0) is 14.0. The van der Waals surface area contributed by atoms with Gasteiger partial charge in [-0.15, -0.1) is 0 Å². The average molecular weight is 289 g/mol. The number of hydrogen-bond donors (Lipinski definition) is 0. The van der Waals surface area contributed by atoms with Gasteiger partial charge in [-0.2, -0.15) is 0 Å². The first-order valence-electron chi connectivity index (χ1n) is 8.09. The van der Waals surface area contributed by atoms with Gasteiger partial charge in [0.1, 0.15) is 0 Å². The standard InChI is InChI=1S/C15H32O3Si/c1-4-6-11-17-19(3,18-12-7-5-2)13-9-8-10-15-14-16-15/h15H,4-14H2,1-3H3. The van der Waals surface area contributed by atoms with Gasteiger partial charge in [0.25, 0.3) is 0 Å². The second-order valence-electron chi connectivity index (χ2n) is 5.74. The summed E-state index contributed by atoms with van der Waals surface area (Å²) in [5.41, 5.74) is 0. The van der Waals surface area contributed by atoms with Crippen molar-refractivity contribution in [2.45, 2.75) is 77.5 Å². The number of rotatable bonds is 13. The molecule has 1 fully saturated rings. The minimum Gasteiger partial charge on any atom is -0.394 e. The van der Waals surface area contributed by atoms with Crippen LogP contribution in [0.25, 0.3) is 0 Å². The molecule has 1 saturated heterocycles. The Morgan fingerprint density at radius 2 is 1.58 bits per heavy atom. The van der Waals surface area contributed by atoms with Crippen molar-refractivity contribution in [3.8, 4) is 0 Å². The Labute approximate surface area is 120 Å². The molecule has 0 aromatic heterocycles. The molecule has 0 N–H and O–H groups in total. The molecule has 19 heavy (non-hydrogen) atoms. The van der Waals surface area contributed by atoms with E-state index in [1.165, 1.54) is 32.1 Å². The lowest BCUT2D eigenvalue weighted by Gasteiger charge is -2.27. The van der Waals surface area contributed by atoms with Crippen molar-refractivity contribution < 1.29 is 13.6 Å². The predicted octanol–water partition coefficient (Wildman–Crippen LogP) is 4.26. The summed E-state index contributed by atoms with van der Waals surface area (Å²) in [5, 5.41) is 0. The van der Waals surface area contributed by atoms with Gasteiger partial charge in [-0.05, 0) is 31.9 Å². The van der Waals surface area contributed by atoms with Gasteiger partial charge in [0, 0.05) is 13.2 Å². The Morgan fingerprint density at radius 3 is 2.05 bits per heavy atom. The summed E-state index contributed by atoms with van der Waals surface area (Å²) in [6.07, 6.45) is 8.94. The van der Waals surface area contributed by atoms with E-state index in [-0.39, 0.29) is 0 Å². The minimum atomic E-state index is -1.92. The highest BCUT2D eigenvalue weighted by atomic mass is 28.4. The third-order valence-corrected chi connectivity index (χ3v) is 6.51. The molecule has 0 saturated carbocycles. The lowest BCUT2D eigenvalue weighted by atomic mass is 10.2. The van der Waals surface area contributed by atoms with E-state index in [4.69, 9.17) is 13.6 Å².